The van der Waals surface area contributed by atoms with Crippen molar-refractivity contribution in [3.05, 3.63) is 12.2 Å². The van der Waals surface area contributed by atoms with Gasteiger partial charge in [-0.1, -0.05) is 20.4 Å². The predicted octanol–water partition coefficient (Wildman–Crippen LogP) is 1.60. The van der Waals surface area contributed by atoms with Crippen LogP contribution >= 0.6 is 0 Å². The first-order valence-corrected chi connectivity index (χ1v) is 3.90. The lowest BCUT2D eigenvalue weighted by atomic mass is 10.1. The molecule has 3 heteroatoms. The topological polar surface area (TPSA) is 41.8 Å². The number of amidine groups is 1. The molecular formula is C9H12N2O. The second kappa shape index (κ2) is 3.01. The lowest BCUT2D eigenvalue weighted by molar-refractivity contribution is -0.113. The fraction of sp³-hybridized carbons (Fsp3) is 0.444. The van der Waals surface area contributed by atoms with E-state index in [0.29, 0.717) is 17.1 Å². The Balaban J connectivity index is 3.03. The first-order chi connectivity index (χ1) is 5.52. The summed E-state index contributed by atoms with van der Waals surface area (Å²) >= 11 is 0. The summed E-state index contributed by atoms with van der Waals surface area (Å²) < 4.78 is 0. The van der Waals surface area contributed by atoms with Crippen molar-refractivity contribution in [3.63, 3.8) is 0 Å². The third-order valence-electron chi connectivity index (χ3n) is 1.71. The highest BCUT2D eigenvalue weighted by molar-refractivity contribution is 6.27. The monoisotopic (exact) mass is 164 g/mol. The molecule has 1 rings (SSSR count). The third kappa shape index (κ3) is 1.49. The maximum atomic E-state index is 11.2. The van der Waals surface area contributed by atoms with E-state index < -0.39 is 0 Å². The van der Waals surface area contributed by atoms with Crippen LogP contribution in [0.2, 0.25) is 0 Å². The summed E-state index contributed by atoms with van der Waals surface area (Å²) in [5, 5.41) is 0. The van der Waals surface area contributed by atoms with Gasteiger partial charge in [-0.3, -0.25) is 4.79 Å². The Hall–Kier alpha value is -1.25. The van der Waals surface area contributed by atoms with Gasteiger partial charge in [0.2, 0.25) is 0 Å². The molecule has 3 nitrogen and oxygen atoms in total. The van der Waals surface area contributed by atoms with Crippen molar-refractivity contribution in [1.29, 1.82) is 0 Å². The number of carbonyl (C=O) groups is 1. The molecule has 1 amide bonds. The van der Waals surface area contributed by atoms with Crippen LogP contribution in [0.4, 0.5) is 0 Å². The molecule has 0 radical (unpaired) electrons. The highest BCUT2D eigenvalue weighted by atomic mass is 16.1. The largest absolute Gasteiger partial charge is 0.279 e. The number of hydrogen-bond acceptors (Lipinski definition) is 2. The Bertz CT molecular complexity index is 298. The van der Waals surface area contributed by atoms with Gasteiger partial charge in [0.25, 0.3) is 5.91 Å². The van der Waals surface area contributed by atoms with E-state index in [-0.39, 0.29) is 11.8 Å². The van der Waals surface area contributed by atoms with Gasteiger partial charge in [0.1, 0.15) is 5.84 Å². The Labute approximate surface area is 71.9 Å². The van der Waals surface area contributed by atoms with E-state index in [1.807, 2.05) is 13.8 Å². The molecule has 0 aliphatic carbocycles. The maximum absolute atomic E-state index is 11.2. The average molecular weight is 164 g/mol. The van der Waals surface area contributed by atoms with Crippen LogP contribution in [0.15, 0.2) is 22.1 Å². The number of amides is 1. The van der Waals surface area contributed by atoms with Crippen LogP contribution in [0, 0.1) is 5.92 Å². The minimum absolute atomic E-state index is 0.192. The summed E-state index contributed by atoms with van der Waals surface area (Å²) in [4.78, 5) is 19.1. The number of carbonyl (C=O) groups excluding carboxylic acids is 1. The van der Waals surface area contributed by atoms with E-state index >= 15 is 0 Å². The molecule has 12 heavy (non-hydrogen) atoms. The predicted molar refractivity (Wildman–Crippen MR) is 49.5 cm³/mol. The Kier molecular flexibility index (Phi) is 2.22. The zero-order valence-corrected chi connectivity index (χ0v) is 7.59. The molecule has 0 N–H and O–H groups in total. The summed E-state index contributed by atoms with van der Waals surface area (Å²) in [5.41, 5.74) is 1.08. The van der Waals surface area contributed by atoms with E-state index in [2.05, 4.69) is 16.6 Å². The SMILES string of the molecule is C=C1C(=O)N=C(C(C)C)N=C1C. The Morgan fingerprint density at radius 1 is 1.33 bits per heavy atom. The van der Waals surface area contributed by atoms with Gasteiger partial charge in [-0.05, 0) is 6.92 Å². The molecule has 0 atom stereocenters. The summed E-state index contributed by atoms with van der Waals surface area (Å²) in [7, 11) is 0. The molecule has 1 aliphatic rings. The van der Waals surface area contributed by atoms with Gasteiger partial charge in [-0.15, -0.1) is 0 Å². The molecule has 0 spiro atoms. The van der Waals surface area contributed by atoms with Crippen LogP contribution in [-0.4, -0.2) is 17.5 Å². The van der Waals surface area contributed by atoms with Crippen molar-refractivity contribution in [2.75, 3.05) is 0 Å². The van der Waals surface area contributed by atoms with E-state index in [9.17, 15) is 4.79 Å². The van der Waals surface area contributed by atoms with Crippen molar-refractivity contribution in [1.82, 2.24) is 0 Å². The standard InChI is InChI=1S/C9H12N2O/c1-5(2)8-10-7(4)6(3)9(12)11-8/h5H,3H2,1-2,4H3. The summed E-state index contributed by atoms with van der Waals surface area (Å²) in [6.07, 6.45) is 0. The quantitative estimate of drug-likeness (QED) is 0.543. The number of nitrogens with zero attached hydrogens (tertiary/aromatic N) is 2. The molecule has 0 fully saturated rings. The molecule has 1 aliphatic heterocycles. The molecule has 1 heterocycles. The molecular weight excluding hydrogens is 152 g/mol. The second-order valence-electron chi connectivity index (χ2n) is 3.11. The number of aliphatic imine (C=N–C) groups is 2. The Morgan fingerprint density at radius 2 is 1.92 bits per heavy atom. The molecule has 0 saturated carbocycles. The van der Waals surface area contributed by atoms with Crippen LogP contribution in [0.1, 0.15) is 20.8 Å². The van der Waals surface area contributed by atoms with Gasteiger partial charge in [-0.2, -0.15) is 4.99 Å². The van der Waals surface area contributed by atoms with E-state index in [4.69, 9.17) is 0 Å². The molecule has 0 saturated heterocycles. The first-order valence-electron chi connectivity index (χ1n) is 3.90. The summed E-state index contributed by atoms with van der Waals surface area (Å²) in [5.74, 6) is 0.535. The van der Waals surface area contributed by atoms with E-state index in [0.717, 1.165) is 0 Å². The highest BCUT2D eigenvalue weighted by Gasteiger charge is 2.17. The minimum atomic E-state index is -0.258. The van der Waals surface area contributed by atoms with E-state index in [1.54, 1.807) is 6.92 Å². The minimum Gasteiger partial charge on any atom is -0.267 e. The second-order valence-corrected chi connectivity index (χ2v) is 3.11. The zero-order valence-electron chi connectivity index (χ0n) is 7.59. The van der Waals surface area contributed by atoms with Crippen LogP contribution in [0.25, 0.3) is 0 Å². The van der Waals surface area contributed by atoms with Crippen LogP contribution in [0.3, 0.4) is 0 Å². The van der Waals surface area contributed by atoms with Crippen molar-refractivity contribution in [2.24, 2.45) is 15.9 Å². The van der Waals surface area contributed by atoms with Crippen molar-refractivity contribution >= 4 is 17.5 Å². The van der Waals surface area contributed by atoms with Crippen LogP contribution in [0.5, 0.6) is 0 Å². The van der Waals surface area contributed by atoms with Gasteiger partial charge in [-0.25, -0.2) is 4.99 Å². The normalized spacial score (nSPS) is 18.0. The number of rotatable bonds is 1. The molecule has 0 bridgehead atoms. The van der Waals surface area contributed by atoms with Gasteiger partial charge < -0.3 is 0 Å². The third-order valence-corrected chi connectivity index (χ3v) is 1.71. The fourth-order valence-electron chi connectivity index (χ4n) is 0.849. The molecule has 64 valence electrons. The first kappa shape index (κ1) is 8.84. The maximum Gasteiger partial charge on any atom is 0.279 e. The molecule has 0 aromatic carbocycles. The zero-order chi connectivity index (χ0) is 9.30. The number of hydrogen-bond donors (Lipinski definition) is 0. The van der Waals surface area contributed by atoms with E-state index in [1.165, 1.54) is 0 Å². The van der Waals surface area contributed by atoms with Crippen molar-refractivity contribution in [2.45, 2.75) is 20.8 Å². The Morgan fingerprint density at radius 3 is 2.33 bits per heavy atom. The van der Waals surface area contributed by atoms with Gasteiger partial charge in [0.15, 0.2) is 0 Å². The fourth-order valence-corrected chi connectivity index (χ4v) is 0.849. The van der Waals surface area contributed by atoms with Gasteiger partial charge in [0.05, 0.1) is 11.3 Å². The van der Waals surface area contributed by atoms with Gasteiger partial charge >= 0.3 is 0 Å². The van der Waals surface area contributed by atoms with Gasteiger partial charge in [0, 0.05) is 5.92 Å². The smallest absolute Gasteiger partial charge is 0.267 e. The highest BCUT2D eigenvalue weighted by Crippen LogP contribution is 2.10. The van der Waals surface area contributed by atoms with Crippen LogP contribution < -0.4 is 0 Å². The summed E-state index contributed by atoms with van der Waals surface area (Å²) in [6, 6.07) is 0. The summed E-state index contributed by atoms with van der Waals surface area (Å²) in [6.45, 7) is 9.27. The molecule has 0 unspecified atom stereocenters. The molecule has 0 aromatic heterocycles. The lowest BCUT2D eigenvalue weighted by Crippen LogP contribution is -2.19. The molecule has 0 aromatic rings. The average Bonchev–Trinajstić information content (AvgIpc) is 1.99. The van der Waals surface area contributed by atoms with Crippen molar-refractivity contribution in [3.8, 4) is 0 Å². The lowest BCUT2D eigenvalue weighted by Gasteiger charge is -2.11. The van der Waals surface area contributed by atoms with Crippen molar-refractivity contribution < 1.29 is 4.79 Å². The van der Waals surface area contributed by atoms with Crippen LogP contribution in [-0.2, 0) is 4.79 Å².